The monoisotopic (exact) mass is 460 g/mol. The molecule has 2 atom stereocenters. The molecule has 2 N–H and O–H groups in total. The predicted octanol–water partition coefficient (Wildman–Crippen LogP) is 3.40. The molecule has 0 spiro atoms. The van der Waals surface area contributed by atoms with Crippen LogP contribution in [0.5, 0.6) is 0 Å². The van der Waals surface area contributed by atoms with Gasteiger partial charge >= 0.3 is 0 Å². The number of nitrogens with one attached hydrogen (secondary N) is 1. The Bertz CT molecular complexity index is 457. The molecule has 0 aliphatic heterocycles. The largest absolute Gasteiger partial charge is 0.381 e. The van der Waals surface area contributed by atoms with Crippen molar-refractivity contribution in [2.45, 2.75) is 30.4 Å². The molecule has 106 valence electrons. The first-order valence-electron chi connectivity index (χ1n) is 5.75. The van der Waals surface area contributed by atoms with E-state index in [2.05, 4.69) is 26.2 Å². The van der Waals surface area contributed by atoms with E-state index in [1.807, 2.05) is 36.4 Å². The molecule has 1 aromatic heterocycles. The molecule has 0 bridgehead atoms. The molecule has 1 heterocycles. The maximum Gasteiger partial charge on any atom is 0.253 e. The lowest BCUT2D eigenvalue weighted by Crippen LogP contribution is -2.41. The van der Waals surface area contributed by atoms with Gasteiger partial charge in [0.1, 0.15) is 9.26 Å². The van der Waals surface area contributed by atoms with Crippen molar-refractivity contribution in [3.05, 3.63) is 27.5 Å². The number of hydrogen-bond donors (Lipinski definition) is 2. The maximum absolute atomic E-state index is 12.1. The maximum atomic E-state index is 12.1. The van der Waals surface area contributed by atoms with Gasteiger partial charge in [0.15, 0.2) is 0 Å². The highest BCUT2D eigenvalue weighted by molar-refractivity contribution is 14.1. The standard InChI is InChI=1S/C12H15BrClIN2O2/c1-6(2)3-9(11(15)18)17-12(19)7-4-8(13)10(14)16-5-7/h4-6,9,11,18H,3H2,1-2H3,(H,17,19)/t9-,11?/m1/s1. The van der Waals surface area contributed by atoms with Crippen molar-refractivity contribution >= 4 is 56.0 Å². The van der Waals surface area contributed by atoms with E-state index in [9.17, 15) is 9.90 Å². The molecule has 0 aromatic carbocycles. The number of aliphatic hydroxyl groups excluding tert-OH is 1. The summed E-state index contributed by atoms with van der Waals surface area (Å²) in [5, 5.41) is 12.8. The van der Waals surface area contributed by atoms with E-state index in [0.717, 1.165) is 0 Å². The molecule has 0 fully saturated rings. The Morgan fingerprint density at radius 2 is 2.26 bits per heavy atom. The number of pyridine rings is 1. The summed E-state index contributed by atoms with van der Waals surface area (Å²) in [5.41, 5.74) is 0.405. The number of carbonyl (C=O) groups excluding carboxylic acids is 1. The molecular weight excluding hydrogens is 446 g/mol. The molecule has 0 radical (unpaired) electrons. The smallest absolute Gasteiger partial charge is 0.253 e. The minimum atomic E-state index is -0.632. The summed E-state index contributed by atoms with van der Waals surface area (Å²) >= 11 is 10.9. The molecule has 19 heavy (non-hydrogen) atoms. The Labute approximate surface area is 139 Å². The lowest BCUT2D eigenvalue weighted by atomic mass is 10.0. The SMILES string of the molecule is CC(C)C[C@@H](NC(=O)c1cnc(Cl)c(Br)c1)C(O)I. The van der Waals surface area contributed by atoms with E-state index in [1.54, 1.807) is 6.07 Å². The second-order valence-corrected chi connectivity index (χ2v) is 7.07. The molecule has 0 aliphatic carbocycles. The summed E-state index contributed by atoms with van der Waals surface area (Å²) in [7, 11) is 0. The van der Waals surface area contributed by atoms with Crippen molar-refractivity contribution in [3.8, 4) is 0 Å². The second kappa shape index (κ2) is 7.75. The third kappa shape index (κ3) is 5.53. The van der Waals surface area contributed by atoms with Gasteiger partial charge in [-0.25, -0.2) is 4.98 Å². The minimum Gasteiger partial charge on any atom is -0.381 e. The van der Waals surface area contributed by atoms with Gasteiger partial charge < -0.3 is 10.4 Å². The molecule has 0 saturated carbocycles. The zero-order valence-corrected chi connectivity index (χ0v) is 15.0. The number of rotatable bonds is 5. The van der Waals surface area contributed by atoms with E-state index in [-0.39, 0.29) is 11.9 Å². The van der Waals surface area contributed by atoms with Crippen molar-refractivity contribution < 1.29 is 9.90 Å². The lowest BCUT2D eigenvalue weighted by Gasteiger charge is -2.22. The van der Waals surface area contributed by atoms with Gasteiger partial charge in [0.25, 0.3) is 5.91 Å². The third-order valence-electron chi connectivity index (χ3n) is 2.43. The fourth-order valence-corrected chi connectivity index (χ4v) is 2.47. The van der Waals surface area contributed by atoms with Crippen LogP contribution in [0.3, 0.4) is 0 Å². The van der Waals surface area contributed by atoms with Gasteiger partial charge in [-0.3, -0.25) is 4.79 Å². The Morgan fingerprint density at radius 1 is 1.63 bits per heavy atom. The van der Waals surface area contributed by atoms with Crippen molar-refractivity contribution in [2.24, 2.45) is 5.92 Å². The van der Waals surface area contributed by atoms with E-state index in [4.69, 9.17) is 11.6 Å². The second-order valence-electron chi connectivity index (χ2n) is 4.58. The summed E-state index contributed by atoms with van der Waals surface area (Å²) in [5.74, 6) is 0.107. The summed E-state index contributed by atoms with van der Waals surface area (Å²) in [6.07, 6.45) is 2.12. The van der Waals surface area contributed by atoms with E-state index in [1.165, 1.54) is 6.20 Å². The van der Waals surface area contributed by atoms with Gasteiger partial charge in [-0.1, -0.05) is 25.4 Å². The number of alkyl halides is 1. The number of aliphatic hydroxyl groups is 1. The van der Waals surface area contributed by atoms with Gasteiger partial charge in [-0.15, -0.1) is 0 Å². The van der Waals surface area contributed by atoms with Gasteiger partial charge in [0.05, 0.1) is 16.1 Å². The normalized spacial score (nSPS) is 14.3. The van der Waals surface area contributed by atoms with Crippen LogP contribution in [0.25, 0.3) is 0 Å². The Morgan fingerprint density at radius 3 is 2.74 bits per heavy atom. The average molecular weight is 462 g/mol. The first-order valence-corrected chi connectivity index (χ1v) is 8.17. The molecule has 0 saturated heterocycles. The summed E-state index contributed by atoms with van der Waals surface area (Å²) in [6, 6.07) is 1.32. The molecule has 0 aliphatic rings. The number of aromatic nitrogens is 1. The van der Waals surface area contributed by atoms with Crippen LogP contribution in [-0.2, 0) is 0 Å². The molecule has 1 amide bonds. The van der Waals surface area contributed by atoms with Crippen LogP contribution in [-0.4, -0.2) is 26.2 Å². The predicted molar refractivity (Wildman–Crippen MR) is 87.7 cm³/mol. The van der Waals surface area contributed by atoms with Gasteiger partial charge in [-0.05, 0) is 56.9 Å². The van der Waals surface area contributed by atoms with Crippen LogP contribution in [0.4, 0.5) is 0 Å². The number of halogens is 3. The average Bonchev–Trinajstić information content (AvgIpc) is 2.31. The summed E-state index contributed by atoms with van der Waals surface area (Å²) in [6.45, 7) is 4.08. The quantitative estimate of drug-likeness (QED) is 0.402. The number of amides is 1. The molecule has 1 unspecified atom stereocenters. The van der Waals surface area contributed by atoms with E-state index >= 15 is 0 Å². The Kier molecular flexibility index (Phi) is 6.99. The lowest BCUT2D eigenvalue weighted by molar-refractivity contribution is 0.0901. The summed E-state index contributed by atoms with van der Waals surface area (Å²) in [4.78, 5) is 16.0. The van der Waals surface area contributed by atoms with Crippen LogP contribution in [0.2, 0.25) is 5.15 Å². The van der Waals surface area contributed by atoms with Gasteiger partial charge in [-0.2, -0.15) is 0 Å². The van der Waals surface area contributed by atoms with Crippen LogP contribution in [0, 0.1) is 5.92 Å². The summed E-state index contributed by atoms with van der Waals surface area (Å²) < 4.78 is -0.0649. The fourth-order valence-electron chi connectivity index (χ4n) is 1.54. The highest BCUT2D eigenvalue weighted by Crippen LogP contribution is 2.21. The molecule has 7 heteroatoms. The van der Waals surface area contributed by atoms with Crippen molar-refractivity contribution in [3.63, 3.8) is 0 Å². The number of hydrogen-bond acceptors (Lipinski definition) is 3. The molecule has 1 aromatic rings. The van der Waals surface area contributed by atoms with E-state index < -0.39 is 4.11 Å². The van der Waals surface area contributed by atoms with E-state index in [0.29, 0.717) is 27.5 Å². The number of nitrogens with zero attached hydrogens (tertiary/aromatic N) is 1. The molecule has 4 nitrogen and oxygen atoms in total. The van der Waals surface area contributed by atoms with Crippen molar-refractivity contribution in [1.82, 2.24) is 10.3 Å². The minimum absolute atomic E-state index is 0.272. The fraction of sp³-hybridized carbons (Fsp3) is 0.500. The van der Waals surface area contributed by atoms with Crippen LogP contribution in [0.15, 0.2) is 16.7 Å². The number of carbonyl (C=O) groups is 1. The van der Waals surface area contributed by atoms with Crippen LogP contribution >= 0.6 is 50.1 Å². The van der Waals surface area contributed by atoms with Gasteiger partial charge in [0.2, 0.25) is 0 Å². The van der Waals surface area contributed by atoms with Crippen molar-refractivity contribution in [1.29, 1.82) is 0 Å². The first kappa shape index (κ1) is 17.1. The zero-order chi connectivity index (χ0) is 14.6. The highest BCUT2D eigenvalue weighted by atomic mass is 127. The highest BCUT2D eigenvalue weighted by Gasteiger charge is 2.21. The Balaban J connectivity index is 2.78. The Hall–Kier alpha value is 0.0800. The van der Waals surface area contributed by atoms with Crippen molar-refractivity contribution in [2.75, 3.05) is 0 Å². The third-order valence-corrected chi connectivity index (χ3v) is 4.43. The van der Waals surface area contributed by atoms with Crippen LogP contribution < -0.4 is 5.32 Å². The molecular formula is C12H15BrClIN2O2. The zero-order valence-electron chi connectivity index (χ0n) is 10.5. The van der Waals surface area contributed by atoms with Crippen LogP contribution in [0.1, 0.15) is 30.6 Å². The first-order chi connectivity index (χ1) is 8.81. The topological polar surface area (TPSA) is 62.2 Å². The van der Waals surface area contributed by atoms with Gasteiger partial charge in [0, 0.05) is 6.20 Å². The molecule has 1 rings (SSSR count).